The number of halogens is 1. The maximum atomic E-state index is 13.7. The summed E-state index contributed by atoms with van der Waals surface area (Å²) in [5.74, 6) is -0.465. The van der Waals surface area contributed by atoms with Crippen molar-refractivity contribution in [2.45, 2.75) is 32.4 Å². The molecule has 2 N–H and O–H groups in total. The molecule has 3 aromatic carbocycles. The number of benzene rings is 3. The van der Waals surface area contributed by atoms with Gasteiger partial charge in [-0.05, 0) is 54.0 Å². The molecule has 33 heavy (non-hydrogen) atoms. The fraction of sp³-hybridized carbons (Fsp3) is 0.259. The van der Waals surface area contributed by atoms with E-state index in [0.717, 1.165) is 47.5 Å². The van der Waals surface area contributed by atoms with Crippen LogP contribution in [0.2, 0.25) is 0 Å². The first-order valence-electron chi connectivity index (χ1n) is 11.4. The van der Waals surface area contributed by atoms with E-state index in [1.54, 1.807) is 12.1 Å². The molecule has 0 aliphatic carbocycles. The van der Waals surface area contributed by atoms with E-state index in [9.17, 15) is 9.18 Å². The summed E-state index contributed by atoms with van der Waals surface area (Å²) in [4.78, 5) is 14.8. The third kappa shape index (κ3) is 3.91. The number of anilines is 1. The van der Waals surface area contributed by atoms with Crippen LogP contribution in [0.1, 0.15) is 48.2 Å². The van der Waals surface area contributed by atoms with Gasteiger partial charge >= 0.3 is 0 Å². The zero-order chi connectivity index (χ0) is 22.9. The maximum absolute atomic E-state index is 13.7. The minimum absolute atomic E-state index is 0.116. The zero-order valence-electron chi connectivity index (χ0n) is 18.8. The van der Waals surface area contributed by atoms with Crippen molar-refractivity contribution in [1.82, 2.24) is 15.1 Å². The average molecular weight is 443 g/mol. The van der Waals surface area contributed by atoms with Crippen molar-refractivity contribution in [3.8, 4) is 0 Å². The van der Waals surface area contributed by atoms with E-state index in [2.05, 4.69) is 58.5 Å². The van der Waals surface area contributed by atoms with Gasteiger partial charge in [-0.25, -0.2) is 9.49 Å². The van der Waals surface area contributed by atoms with Gasteiger partial charge in [0.1, 0.15) is 5.82 Å². The Balaban J connectivity index is 1.61. The van der Waals surface area contributed by atoms with Crippen LogP contribution in [0.15, 0.2) is 71.5 Å². The van der Waals surface area contributed by atoms with E-state index in [0.29, 0.717) is 5.39 Å². The second kappa shape index (κ2) is 8.79. The Morgan fingerprint density at radius 2 is 1.64 bits per heavy atom. The zero-order valence-corrected chi connectivity index (χ0v) is 18.8. The molecule has 5 nitrogen and oxygen atoms in total. The molecule has 4 aromatic rings. The van der Waals surface area contributed by atoms with Gasteiger partial charge in [0, 0.05) is 17.6 Å². The highest BCUT2D eigenvalue weighted by Crippen LogP contribution is 2.46. The second-order valence-corrected chi connectivity index (χ2v) is 8.52. The molecule has 6 heteroatoms. The smallest absolute Gasteiger partial charge is 0.272 e. The monoisotopic (exact) mass is 442 g/mol. The normalized spacial score (nSPS) is 17.3. The van der Waals surface area contributed by atoms with Gasteiger partial charge in [-0.2, -0.15) is 5.10 Å². The van der Waals surface area contributed by atoms with Crippen molar-refractivity contribution in [3.05, 3.63) is 105 Å². The van der Waals surface area contributed by atoms with Crippen LogP contribution >= 0.6 is 0 Å². The Morgan fingerprint density at radius 3 is 2.33 bits per heavy atom. The predicted octanol–water partition coefficient (Wildman–Crippen LogP) is 5.20. The Labute approximate surface area is 192 Å². The second-order valence-electron chi connectivity index (χ2n) is 8.52. The van der Waals surface area contributed by atoms with Crippen LogP contribution in [-0.4, -0.2) is 28.2 Å². The molecule has 0 saturated carbocycles. The molecular formula is C27H27FN4O. The van der Waals surface area contributed by atoms with Crippen LogP contribution in [0.4, 0.5) is 10.1 Å². The summed E-state index contributed by atoms with van der Waals surface area (Å²) in [6, 6.07) is 20.8. The summed E-state index contributed by atoms with van der Waals surface area (Å²) < 4.78 is 13.7. The summed E-state index contributed by atoms with van der Waals surface area (Å²) >= 11 is 0. The number of nitrogens with zero attached hydrogens (tertiary/aromatic N) is 2. The fourth-order valence-electron chi connectivity index (χ4n) is 4.83. The highest BCUT2D eigenvalue weighted by Gasteiger charge is 2.34. The molecule has 2 unspecified atom stereocenters. The van der Waals surface area contributed by atoms with Crippen LogP contribution in [-0.2, 0) is 6.54 Å². The number of H-pyrrole nitrogens is 1. The fourth-order valence-corrected chi connectivity index (χ4v) is 4.83. The molecule has 5 rings (SSSR count). The summed E-state index contributed by atoms with van der Waals surface area (Å²) in [5.41, 5.74) is 4.79. The van der Waals surface area contributed by atoms with E-state index in [4.69, 9.17) is 0 Å². The molecule has 0 amide bonds. The van der Waals surface area contributed by atoms with Gasteiger partial charge in [-0.1, -0.05) is 56.3 Å². The topological polar surface area (TPSA) is 61.0 Å². The molecule has 0 spiro atoms. The third-order valence-corrected chi connectivity index (χ3v) is 6.65. The number of nitrogens with one attached hydrogen (secondary N) is 2. The first-order valence-corrected chi connectivity index (χ1v) is 11.4. The van der Waals surface area contributed by atoms with Crippen LogP contribution in [0.25, 0.3) is 10.8 Å². The van der Waals surface area contributed by atoms with Crippen LogP contribution in [0.3, 0.4) is 0 Å². The van der Waals surface area contributed by atoms with Gasteiger partial charge in [0.25, 0.3) is 5.56 Å². The Bertz CT molecular complexity index is 1330. The van der Waals surface area contributed by atoms with Crippen molar-refractivity contribution >= 4 is 16.5 Å². The molecule has 1 aromatic heterocycles. The maximum Gasteiger partial charge on any atom is 0.272 e. The minimum atomic E-state index is -0.278. The Hall–Kier alpha value is -3.51. The Morgan fingerprint density at radius 1 is 0.939 bits per heavy atom. The molecular weight excluding hydrogens is 415 g/mol. The third-order valence-electron chi connectivity index (χ3n) is 6.65. The molecule has 1 aliphatic rings. The van der Waals surface area contributed by atoms with Gasteiger partial charge in [-0.15, -0.1) is 0 Å². The van der Waals surface area contributed by atoms with Gasteiger partial charge < -0.3 is 5.32 Å². The lowest BCUT2D eigenvalue weighted by Gasteiger charge is -2.35. The van der Waals surface area contributed by atoms with Gasteiger partial charge in [0.05, 0.1) is 23.0 Å². The molecule has 0 saturated heterocycles. The standard InChI is InChI=1S/C27H27FN4O/c1-3-32(4-2)16-17-8-10-19(11-9-17)25-23(18-12-14-20(28)15-13-18)26-24-21(27(33)31-30-26)6-5-7-22(24)29-25/h5-15,23,25,29H,3-4,16H2,1-2H3,(H,31,33). The highest BCUT2D eigenvalue weighted by atomic mass is 19.1. The van der Waals surface area contributed by atoms with Crippen LogP contribution in [0.5, 0.6) is 0 Å². The van der Waals surface area contributed by atoms with E-state index in [-0.39, 0.29) is 23.3 Å². The van der Waals surface area contributed by atoms with Gasteiger partial charge in [0.15, 0.2) is 0 Å². The lowest BCUT2D eigenvalue weighted by Crippen LogP contribution is -2.28. The quantitative estimate of drug-likeness (QED) is 0.431. The van der Waals surface area contributed by atoms with E-state index in [1.165, 1.54) is 17.7 Å². The minimum Gasteiger partial charge on any atom is -0.377 e. The number of hydrogen-bond acceptors (Lipinski definition) is 4. The molecule has 0 bridgehead atoms. The van der Waals surface area contributed by atoms with Gasteiger partial charge in [-0.3, -0.25) is 9.69 Å². The molecule has 168 valence electrons. The first kappa shape index (κ1) is 21.3. The van der Waals surface area contributed by atoms with Crippen LogP contribution in [0, 0.1) is 5.82 Å². The van der Waals surface area contributed by atoms with Crippen molar-refractivity contribution in [2.24, 2.45) is 0 Å². The molecule has 0 radical (unpaired) electrons. The molecule has 0 fully saturated rings. The summed E-state index contributed by atoms with van der Waals surface area (Å²) in [7, 11) is 0. The van der Waals surface area contributed by atoms with Crippen molar-refractivity contribution in [2.75, 3.05) is 18.4 Å². The van der Waals surface area contributed by atoms with Crippen molar-refractivity contribution in [1.29, 1.82) is 0 Å². The average Bonchev–Trinajstić information content (AvgIpc) is 2.85. The lowest BCUT2D eigenvalue weighted by atomic mass is 9.80. The highest BCUT2D eigenvalue weighted by molar-refractivity contribution is 5.97. The molecule has 2 heterocycles. The summed E-state index contributed by atoms with van der Waals surface area (Å²) in [5, 5.41) is 12.2. The number of aromatic amines is 1. The van der Waals surface area contributed by atoms with E-state index in [1.807, 2.05) is 18.2 Å². The predicted molar refractivity (Wildman–Crippen MR) is 130 cm³/mol. The number of aromatic nitrogens is 2. The van der Waals surface area contributed by atoms with E-state index >= 15 is 0 Å². The van der Waals surface area contributed by atoms with E-state index < -0.39 is 0 Å². The summed E-state index contributed by atoms with van der Waals surface area (Å²) in [6.07, 6.45) is 0. The SMILES string of the molecule is CCN(CC)Cc1ccc(C2Nc3cccc4c(=O)[nH]nc(c34)C2c2ccc(F)cc2)cc1. The number of rotatable bonds is 6. The molecule has 1 aliphatic heterocycles. The number of hydrogen-bond donors (Lipinski definition) is 2. The Kier molecular flexibility index (Phi) is 5.68. The summed E-state index contributed by atoms with van der Waals surface area (Å²) in [6.45, 7) is 7.29. The van der Waals surface area contributed by atoms with Crippen molar-refractivity contribution < 1.29 is 4.39 Å². The van der Waals surface area contributed by atoms with Crippen molar-refractivity contribution in [3.63, 3.8) is 0 Å². The largest absolute Gasteiger partial charge is 0.377 e. The van der Waals surface area contributed by atoms with Gasteiger partial charge in [0.2, 0.25) is 0 Å². The first-order chi connectivity index (χ1) is 16.1. The lowest BCUT2D eigenvalue weighted by molar-refractivity contribution is 0.296. The van der Waals surface area contributed by atoms with Crippen LogP contribution < -0.4 is 10.9 Å². The molecule has 2 atom stereocenters.